The number of carbonyl (C=O) groups is 2. The first-order chi connectivity index (χ1) is 18.4. The minimum atomic E-state index is -0.519. The molecule has 0 saturated heterocycles. The van der Waals surface area contributed by atoms with E-state index in [1.807, 2.05) is 72.6 Å². The standard InChI is InChI=1S/C33H38N2O3/c1-22(2)23-14-18-25(19-15-23)34(3)33(37)30-28-12-8-9-13-29(28)32(36)35(26-10-6-5-7-11-26)31(30)24-16-20-27(38-4)21-17-24/h8-9,12-22,26,30-31H,5-7,10-11H2,1-4H3/t30-,31+/m1/s1. The van der Waals surface area contributed by atoms with E-state index in [9.17, 15) is 9.59 Å². The van der Waals surface area contributed by atoms with Gasteiger partial charge in [-0.1, -0.05) is 75.6 Å². The van der Waals surface area contributed by atoms with Gasteiger partial charge in [0, 0.05) is 24.3 Å². The van der Waals surface area contributed by atoms with Crippen molar-refractivity contribution in [2.75, 3.05) is 19.1 Å². The van der Waals surface area contributed by atoms with Crippen LogP contribution in [0, 0.1) is 0 Å². The molecule has 1 heterocycles. The molecule has 0 N–H and O–H groups in total. The third kappa shape index (κ3) is 4.82. The van der Waals surface area contributed by atoms with Crippen molar-refractivity contribution in [2.24, 2.45) is 0 Å². The van der Waals surface area contributed by atoms with Gasteiger partial charge in [0.15, 0.2) is 0 Å². The van der Waals surface area contributed by atoms with Crippen molar-refractivity contribution in [3.8, 4) is 5.75 Å². The van der Waals surface area contributed by atoms with Crippen LogP contribution in [0.5, 0.6) is 5.75 Å². The summed E-state index contributed by atoms with van der Waals surface area (Å²) in [6.07, 6.45) is 5.33. The van der Waals surface area contributed by atoms with Gasteiger partial charge in [-0.3, -0.25) is 9.59 Å². The average molecular weight is 511 g/mol. The van der Waals surface area contributed by atoms with Crippen molar-refractivity contribution in [1.82, 2.24) is 4.90 Å². The normalized spacial score (nSPS) is 19.8. The molecule has 2 aliphatic rings. The van der Waals surface area contributed by atoms with Crippen molar-refractivity contribution >= 4 is 17.5 Å². The van der Waals surface area contributed by atoms with Crippen LogP contribution in [0.2, 0.25) is 0 Å². The van der Waals surface area contributed by atoms with Gasteiger partial charge in [-0.2, -0.15) is 0 Å². The van der Waals surface area contributed by atoms with Crippen LogP contribution >= 0.6 is 0 Å². The lowest BCUT2D eigenvalue weighted by Gasteiger charge is -2.47. The van der Waals surface area contributed by atoms with Crippen molar-refractivity contribution in [3.05, 3.63) is 95.1 Å². The number of methoxy groups -OCH3 is 1. The number of hydrogen-bond donors (Lipinski definition) is 0. The number of rotatable bonds is 6. The summed E-state index contributed by atoms with van der Waals surface area (Å²) < 4.78 is 5.42. The number of carbonyl (C=O) groups excluding carboxylic acids is 2. The molecule has 0 radical (unpaired) electrons. The maximum Gasteiger partial charge on any atom is 0.254 e. The highest BCUT2D eigenvalue weighted by Crippen LogP contribution is 2.47. The summed E-state index contributed by atoms with van der Waals surface area (Å²) in [5, 5.41) is 0. The van der Waals surface area contributed by atoms with E-state index in [0.717, 1.165) is 48.2 Å². The zero-order valence-corrected chi connectivity index (χ0v) is 22.9. The summed E-state index contributed by atoms with van der Waals surface area (Å²) in [5.74, 6) is 0.676. The third-order valence-corrected chi connectivity index (χ3v) is 8.35. The number of likely N-dealkylation sites (N-methyl/N-ethyl adjacent to an activating group) is 1. The molecule has 5 rings (SSSR count). The molecule has 1 aliphatic carbocycles. The highest BCUT2D eigenvalue weighted by molar-refractivity contribution is 6.05. The molecular formula is C33H38N2O3. The fraction of sp³-hybridized carbons (Fsp3) is 0.394. The quantitative estimate of drug-likeness (QED) is 0.356. The number of nitrogens with zero attached hydrogens (tertiary/aromatic N) is 2. The molecule has 5 nitrogen and oxygen atoms in total. The topological polar surface area (TPSA) is 49.9 Å². The molecule has 1 aliphatic heterocycles. The summed E-state index contributed by atoms with van der Waals surface area (Å²) in [6, 6.07) is 23.5. The Labute approximate surface area is 226 Å². The van der Waals surface area contributed by atoms with E-state index in [0.29, 0.717) is 11.5 Å². The van der Waals surface area contributed by atoms with Gasteiger partial charge in [-0.25, -0.2) is 0 Å². The Kier molecular flexibility index (Phi) is 7.55. The smallest absolute Gasteiger partial charge is 0.254 e. The van der Waals surface area contributed by atoms with E-state index >= 15 is 0 Å². The zero-order valence-electron chi connectivity index (χ0n) is 22.9. The number of amides is 2. The Morgan fingerprint density at radius 1 is 0.921 bits per heavy atom. The van der Waals surface area contributed by atoms with E-state index < -0.39 is 12.0 Å². The maximum absolute atomic E-state index is 14.5. The van der Waals surface area contributed by atoms with Gasteiger partial charge in [0.2, 0.25) is 5.91 Å². The van der Waals surface area contributed by atoms with E-state index in [4.69, 9.17) is 4.74 Å². The summed E-state index contributed by atoms with van der Waals surface area (Å²) in [7, 11) is 3.50. The van der Waals surface area contributed by atoms with Crippen molar-refractivity contribution in [1.29, 1.82) is 0 Å². The van der Waals surface area contributed by atoms with Crippen molar-refractivity contribution in [2.45, 2.75) is 69.9 Å². The molecular weight excluding hydrogens is 472 g/mol. The molecule has 3 aromatic carbocycles. The molecule has 2 amide bonds. The van der Waals surface area contributed by atoms with Gasteiger partial charge in [-0.05, 0) is 65.8 Å². The number of benzene rings is 3. The first kappa shape index (κ1) is 26.0. The fourth-order valence-electron chi connectivity index (χ4n) is 6.15. The van der Waals surface area contributed by atoms with Gasteiger partial charge >= 0.3 is 0 Å². The SMILES string of the molecule is COc1ccc([C@H]2[C@H](C(=O)N(C)c3ccc(C(C)C)cc3)c3ccccc3C(=O)N2C2CCCCC2)cc1. The number of anilines is 1. The van der Waals surface area contributed by atoms with E-state index in [1.54, 1.807) is 12.0 Å². The van der Waals surface area contributed by atoms with Crippen LogP contribution in [0.1, 0.15) is 90.9 Å². The van der Waals surface area contributed by atoms with Crippen molar-refractivity contribution in [3.63, 3.8) is 0 Å². The van der Waals surface area contributed by atoms with Gasteiger partial charge in [-0.15, -0.1) is 0 Å². The fourth-order valence-corrected chi connectivity index (χ4v) is 6.15. The van der Waals surface area contributed by atoms with E-state index in [-0.39, 0.29) is 17.9 Å². The van der Waals surface area contributed by atoms with E-state index in [1.165, 1.54) is 12.0 Å². The first-order valence-corrected chi connectivity index (χ1v) is 13.8. The number of ether oxygens (including phenoxy) is 1. The number of hydrogen-bond acceptors (Lipinski definition) is 3. The lowest BCUT2D eigenvalue weighted by molar-refractivity contribution is -0.121. The Morgan fingerprint density at radius 2 is 1.58 bits per heavy atom. The first-order valence-electron chi connectivity index (χ1n) is 13.8. The molecule has 0 aromatic heterocycles. The summed E-state index contributed by atoms with van der Waals surface area (Å²) in [4.78, 5) is 32.4. The van der Waals surface area contributed by atoms with Gasteiger partial charge in [0.25, 0.3) is 5.91 Å². The molecule has 1 saturated carbocycles. The zero-order chi connectivity index (χ0) is 26.8. The van der Waals surface area contributed by atoms with Gasteiger partial charge in [0.1, 0.15) is 5.75 Å². The second-order valence-electron chi connectivity index (χ2n) is 10.9. The molecule has 5 heteroatoms. The predicted octanol–water partition coefficient (Wildman–Crippen LogP) is 7.10. The molecule has 38 heavy (non-hydrogen) atoms. The maximum atomic E-state index is 14.5. The largest absolute Gasteiger partial charge is 0.497 e. The van der Waals surface area contributed by atoms with Crippen LogP contribution in [0.25, 0.3) is 0 Å². The summed E-state index contributed by atoms with van der Waals surface area (Å²) in [6.45, 7) is 4.33. The molecule has 0 bridgehead atoms. The summed E-state index contributed by atoms with van der Waals surface area (Å²) >= 11 is 0. The van der Waals surface area contributed by atoms with Crippen LogP contribution in [-0.4, -0.2) is 36.9 Å². The van der Waals surface area contributed by atoms with E-state index in [2.05, 4.69) is 26.0 Å². The second kappa shape index (κ2) is 11.0. The Bertz CT molecular complexity index is 1280. The Morgan fingerprint density at radius 3 is 2.21 bits per heavy atom. The summed E-state index contributed by atoms with van der Waals surface area (Å²) in [5.41, 5.74) is 4.50. The molecule has 2 atom stereocenters. The van der Waals surface area contributed by atoms with Gasteiger partial charge in [0.05, 0.1) is 19.1 Å². The average Bonchev–Trinajstić information content (AvgIpc) is 2.97. The second-order valence-corrected chi connectivity index (χ2v) is 10.9. The highest BCUT2D eigenvalue weighted by atomic mass is 16.5. The molecule has 0 spiro atoms. The van der Waals surface area contributed by atoms with Crippen LogP contribution < -0.4 is 9.64 Å². The van der Waals surface area contributed by atoms with Crippen LogP contribution in [0.15, 0.2) is 72.8 Å². The molecule has 0 unspecified atom stereocenters. The number of fused-ring (bicyclic) bond motifs is 1. The van der Waals surface area contributed by atoms with Crippen LogP contribution in [0.4, 0.5) is 5.69 Å². The minimum Gasteiger partial charge on any atom is -0.497 e. The van der Waals surface area contributed by atoms with Gasteiger partial charge < -0.3 is 14.5 Å². The molecule has 3 aromatic rings. The minimum absolute atomic E-state index is 0.0103. The van der Waals surface area contributed by atoms with Crippen molar-refractivity contribution < 1.29 is 14.3 Å². The monoisotopic (exact) mass is 510 g/mol. The molecule has 1 fully saturated rings. The predicted molar refractivity (Wildman–Crippen MR) is 152 cm³/mol. The Balaban J connectivity index is 1.63. The Hall–Kier alpha value is -3.60. The van der Waals surface area contributed by atoms with Crippen LogP contribution in [-0.2, 0) is 4.79 Å². The third-order valence-electron chi connectivity index (χ3n) is 8.35. The lowest BCUT2D eigenvalue weighted by Crippen LogP contribution is -2.52. The lowest BCUT2D eigenvalue weighted by atomic mass is 9.77. The molecule has 198 valence electrons. The van der Waals surface area contributed by atoms with Crippen LogP contribution in [0.3, 0.4) is 0 Å². The highest BCUT2D eigenvalue weighted by Gasteiger charge is 2.47.